The summed E-state index contributed by atoms with van der Waals surface area (Å²) in [4.78, 5) is 5.72. The number of nitrogens with two attached hydrogens (primary N) is 1. The lowest BCUT2D eigenvalue weighted by atomic mass is 10.1. The largest absolute Gasteiger partial charge is 0.370 e. The molecular weight excluding hydrogens is 266 g/mol. The van der Waals surface area contributed by atoms with Crippen LogP contribution >= 0.6 is 11.8 Å². The van der Waals surface area contributed by atoms with Crippen molar-refractivity contribution in [3.63, 3.8) is 0 Å². The van der Waals surface area contributed by atoms with Crippen molar-refractivity contribution in [2.24, 2.45) is 10.7 Å². The Morgan fingerprint density at radius 2 is 1.85 bits per heavy atom. The Morgan fingerprint density at radius 1 is 1.15 bits per heavy atom. The van der Waals surface area contributed by atoms with E-state index in [4.69, 9.17) is 5.73 Å². The molecule has 0 heterocycles. The Bertz CT molecular complexity index is 397. The first-order valence-corrected chi connectivity index (χ1v) is 8.57. The highest BCUT2D eigenvalue weighted by molar-refractivity contribution is 7.99. The van der Waals surface area contributed by atoms with Crippen LogP contribution in [-0.4, -0.2) is 24.3 Å². The van der Waals surface area contributed by atoms with Crippen LogP contribution in [-0.2, 0) is 0 Å². The minimum Gasteiger partial charge on any atom is -0.370 e. The zero-order chi connectivity index (χ0) is 14.0. The van der Waals surface area contributed by atoms with Crippen molar-refractivity contribution >= 4 is 17.7 Å². The summed E-state index contributed by atoms with van der Waals surface area (Å²) in [5, 5.41) is 3.38. The Morgan fingerprint density at radius 3 is 2.55 bits per heavy atom. The van der Waals surface area contributed by atoms with E-state index in [1.54, 1.807) is 0 Å². The SMILES string of the molecule is NC(=NCCSc1ccccc1)NC1CCCCCC1. The molecule has 0 amide bonds. The molecule has 1 aliphatic carbocycles. The number of nitrogens with one attached hydrogen (secondary N) is 1. The van der Waals surface area contributed by atoms with Gasteiger partial charge in [-0.3, -0.25) is 4.99 Å². The number of nitrogens with zero attached hydrogens (tertiary/aromatic N) is 1. The summed E-state index contributed by atoms with van der Waals surface area (Å²) in [6.45, 7) is 0.769. The number of thioether (sulfide) groups is 1. The van der Waals surface area contributed by atoms with E-state index >= 15 is 0 Å². The molecule has 0 aromatic heterocycles. The summed E-state index contributed by atoms with van der Waals surface area (Å²) in [6.07, 6.45) is 7.82. The molecule has 1 fully saturated rings. The molecule has 1 aliphatic rings. The zero-order valence-corrected chi connectivity index (χ0v) is 12.9. The molecule has 0 aliphatic heterocycles. The normalized spacial score (nSPS) is 17.7. The molecular formula is C16H25N3S. The topological polar surface area (TPSA) is 50.4 Å². The van der Waals surface area contributed by atoms with Crippen LogP contribution in [0.4, 0.5) is 0 Å². The second-order valence-corrected chi connectivity index (χ2v) is 6.43. The van der Waals surface area contributed by atoms with E-state index < -0.39 is 0 Å². The van der Waals surface area contributed by atoms with E-state index in [9.17, 15) is 0 Å². The van der Waals surface area contributed by atoms with Gasteiger partial charge in [-0.2, -0.15) is 0 Å². The number of aliphatic imine (C=N–C) groups is 1. The summed E-state index contributed by atoms with van der Waals surface area (Å²) in [5.41, 5.74) is 5.96. The molecule has 1 aromatic carbocycles. The van der Waals surface area contributed by atoms with Gasteiger partial charge in [-0.25, -0.2) is 0 Å². The minimum atomic E-state index is 0.531. The fraction of sp³-hybridized carbons (Fsp3) is 0.562. The predicted octanol–water partition coefficient (Wildman–Crippen LogP) is 3.41. The summed E-state index contributed by atoms with van der Waals surface area (Å²) >= 11 is 1.82. The van der Waals surface area contributed by atoms with Crippen LogP contribution in [0.5, 0.6) is 0 Å². The van der Waals surface area contributed by atoms with Gasteiger partial charge in [-0.05, 0) is 25.0 Å². The molecule has 20 heavy (non-hydrogen) atoms. The van der Waals surface area contributed by atoms with Gasteiger partial charge in [-0.15, -0.1) is 11.8 Å². The van der Waals surface area contributed by atoms with Gasteiger partial charge in [0.2, 0.25) is 0 Å². The van der Waals surface area contributed by atoms with Crippen LogP contribution in [0.25, 0.3) is 0 Å². The molecule has 2 rings (SSSR count). The van der Waals surface area contributed by atoms with Crippen molar-refractivity contribution in [2.45, 2.75) is 49.5 Å². The maximum Gasteiger partial charge on any atom is 0.188 e. The lowest BCUT2D eigenvalue weighted by Gasteiger charge is -2.16. The zero-order valence-electron chi connectivity index (χ0n) is 12.1. The molecule has 1 saturated carbocycles. The Labute approximate surface area is 126 Å². The smallest absolute Gasteiger partial charge is 0.188 e. The number of rotatable bonds is 5. The Balaban J connectivity index is 1.65. The third-order valence-corrected chi connectivity index (χ3v) is 4.58. The lowest BCUT2D eigenvalue weighted by molar-refractivity contribution is 0.530. The maximum absolute atomic E-state index is 5.96. The quantitative estimate of drug-likeness (QED) is 0.287. The monoisotopic (exact) mass is 291 g/mol. The van der Waals surface area contributed by atoms with Gasteiger partial charge in [0.05, 0.1) is 6.54 Å². The van der Waals surface area contributed by atoms with Crippen molar-refractivity contribution < 1.29 is 0 Å². The van der Waals surface area contributed by atoms with Gasteiger partial charge in [0.25, 0.3) is 0 Å². The van der Waals surface area contributed by atoms with E-state index in [1.807, 2.05) is 17.8 Å². The second-order valence-electron chi connectivity index (χ2n) is 5.26. The molecule has 0 saturated heterocycles. The fourth-order valence-corrected chi connectivity index (χ4v) is 3.29. The van der Waals surface area contributed by atoms with E-state index in [-0.39, 0.29) is 0 Å². The molecule has 0 atom stereocenters. The average Bonchev–Trinajstić information content (AvgIpc) is 2.73. The first kappa shape index (κ1) is 15.2. The third-order valence-electron chi connectivity index (χ3n) is 3.59. The van der Waals surface area contributed by atoms with Crippen LogP contribution in [0.2, 0.25) is 0 Å². The maximum atomic E-state index is 5.96. The summed E-state index contributed by atoms with van der Waals surface area (Å²) in [5.74, 6) is 1.59. The first-order valence-electron chi connectivity index (χ1n) is 7.59. The van der Waals surface area contributed by atoms with Gasteiger partial charge in [0.1, 0.15) is 0 Å². The van der Waals surface area contributed by atoms with Gasteiger partial charge < -0.3 is 11.1 Å². The Hall–Kier alpha value is -1.16. The lowest BCUT2D eigenvalue weighted by Crippen LogP contribution is -2.40. The highest BCUT2D eigenvalue weighted by Crippen LogP contribution is 2.17. The molecule has 0 radical (unpaired) electrons. The van der Waals surface area contributed by atoms with Crippen molar-refractivity contribution in [1.29, 1.82) is 0 Å². The van der Waals surface area contributed by atoms with Gasteiger partial charge >= 0.3 is 0 Å². The van der Waals surface area contributed by atoms with Crippen LogP contribution < -0.4 is 11.1 Å². The van der Waals surface area contributed by atoms with Crippen molar-refractivity contribution in [3.8, 4) is 0 Å². The summed E-state index contributed by atoms with van der Waals surface area (Å²) in [7, 11) is 0. The van der Waals surface area contributed by atoms with Crippen LogP contribution in [0.15, 0.2) is 40.2 Å². The van der Waals surface area contributed by atoms with Gasteiger partial charge in [0, 0.05) is 16.7 Å². The number of hydrogen-bond acceptors (Lipinski definition) is 2. The fourth-order valence-electron chi connectivity index (χ4n) is 2.52. The molecule has 1 aromatic rings. The highest BCUT2D eigenvalue weighted by Gasteiger charge is 2.11. The summed E-state index contributed by atoms with van der Waals surface area (Å²) in [6, 6.07) is 10.9. The van der Waals surface area contributed by atoms with E-state index in [0.717, 1.165) is 12.3 Å². The Kier molecular flexibility index (Phi) is 6.78. The predicted molar refractivity (Wildman–Crippen MR) is 88.3 cm³/mol. The first-order chi connectivity index (χ1) is 9.84. The average molecular weight is 291 g/mol. The number of benzene rings is 1. The molecule has 3 nitrogen and oxygen atoms in total. The van der Waals surface area contributed by atoms with E-state index in [1.165, 1.54) is 43.4 Å². The number of hydrogen-bond donors (Lipinski definition) is 2. The standard InChI is InChI=1S/C16H25N3S/c17-16(19-14-8-4-1-2-5-9-14)18-12-13-20-15-10-6-3-7-11-15/h3,6-7,10-11,14H,1-2,4-5,8-9,12-13H2,(H3,17,18,19). The highest BCUT2D eigenvalue weighted by atomic mass is 32.2. The summed E-state index contributed by atoms with van der Waals surface area (Å²) < 4.78 is 0. The third kappa shape index (κ3) is 5.87. The van der Waals surface area contributed by atoms with Gasteiger partial charge in [-0.1, -0.05) is 43.9 Å². The second kappa shape index (κ2) is 8.90. The van der Waals surface area contributed by atoms with E-state index in [2.05, 4.69) is 34.6 Å². The molecule has 0 spiro atoms. The van der Waals surface area contributed by atoms with Crippen LogP contribution in [0, 0.1) is 0 Å². The molecule has 0 unspecified atom stereocenters. The van der Waals surface area contributed by atoms with Crippen molar-refractivity contribution in [1.82, 2.24) is 5.32 Å². The van der Waals surface area contributed by atoms with E-state index in [0.29, 0.717) is 12.0 Å². The van der Waals surface area contributed by atoms with Gasteiger partial charge in [0.15, 0.2) is 5.96 Å². The van der Waals surface area contributed by atoms with Crippen LogP contribution in [0.1, 0.15) is 38.5 Å². The van der Waals surface area contributed by atoms with Crippen molar-refractivity contribution in [3.05, 3.63) is 30.3 Å². The van der Waals surface area contributed by atoms with Crippen LogP contribution in [0.3, 0.4) is 0 Å². The molecule has 3 N–H and O–H groups in total. The molecule has 110 valence electrons. The molecule has 0 bridgehead atoms. The number of guanidine groups is 1. The minimum absolute atomic E-state index is 0.531. The molecule has 4 heteroatoms. The van der Waals surface area contributed by atoms with Crippen molar-refractivity contribution in [2.75, 3.05) is 12.3 Å².